The summed E-state index contributed by atoms with van der Waals surface area (Å²) in [5.41, 5.74) is 0. The van der Waals surface area contributed by atoms with Crippen molar-refractivity contribution in [3.63, 3.8) is 0 Å². The zero-order chi connectivity index (χ0) is 15.7. The highest BCUT2D eigenvalue weighted by molar-refractivity contribution is 5.74. The maximum atomic E-state index is 12.6. The molecule has 1 N–H and O–H groups in total. The Bertz CT molecular complexity index is 531. The molecule has 6 heteroatoms. The molecule has 0 radical (unpaired) electrons. The molecule has 2 aliphatic heterocycles. The van der Waals surface area contributed by atoms with E-state index in [9.17, 15) is 4.79 Å². The summed E-state index contributed by atoms with van der Waals surface area (Å²) in [6.07, 6.45) is 4.32. The van der Waals surface area contributed by atoms with Gasteiger partial charge in [0.15, 0.2) is 5.82 Å². The molecule has 3 rings (SSSR count). The predicted octanol–water partition coefficient (Wildman–Crippen LogP) is 2.36. The van der Waals surface area contributed by atoms with E-state index in [0.29, 0.717) is 5.92 Å². The lowest BCUT2D eigenvalue weighted by Crippen LogP contribution is -2.46. The van der Waals surface area contributed by atoms with Crippen molar-refractivity contribution in [3.05, 3.63) is 11.6 Å². The molecule has 1 fully saturated rings. The van der Waals surface area contributed by atoms with Gasteiger partial charge in [0.25, 0.3) is 0 Å². The molecule has 0 bridgehead atoms. The number of amides is 2. The maximum absolute atomic E-state index is 12.6. The molecule has 1 aromatic rings. The van der Waals surface area contributed by atoms with Crippen molar-refractivity contribution >= 4 is 6.03 Å². The van der Waals surface area contributed by atoms with Crippen LogP contribution in [0.25, 0.3) is 0 Å². The minimum atomic E-state index is -0.0637. The van der Waals surface area contributed by atoms with Crippen LogP contribution in [-0.4, -0.2) is 38.8 Å². The second-order valence-electron chi connectivity index (χ2n) is 7.07. The van der Waals surface area contributed by atoms with Gasteiger partial charge in [0.1, 0.15) is 5.82 Å². The summed E-state index contributed by atoms with van der Waals surface area (Å²) in [4.78, 5) is 14.5. The van der Waals surface area contributed by atoms with Gasteiger partial charge in [-0.1, -0.05) is 20.8 Å². The maximum Gasteiger partial charge on any atom is 0.317 e. The molecule has 0 saturated carbocycles. The largest absolute Gasteiger partial charge is 0.328 e. The van der Waals surface area contributed by atoms with Crippen molar-refractivity contribution in [1.82, 2.24) is 25.0 Å². The number of urea groups is 1. The molecule has 0 aromatic carbocycles. The van der Waals surface area contributed by atoms with E-state index in [-0.39, 0.29) is 12.1 Å². The van der Waals surface area contributed by atoms with Crippen molar-refractivity contribution in [2.24, 2.45) is 11.8 Å². The zero-order valence-electron chi connectivity index (χ0n) is 13.9. The second kappa shape index (κ2) is 6.26. The van der Waals surface area contributed by atoms with Gasteiger partial charge < -0.3 is 14.8 Å². The van der Waals surface area contributed by atoms with E-state index in [1.54, 1.807) is 0 Å². The van der Waals surface area contributed by atoms with Gasteiger partial charge in [-0.05, 0) is 31.1 Å². The molecule has 1 atom stereocenters. The van der Waals surface area contributed by atoms with Gasteiger partial charge in [-0.25, -0.2) is 4.79 Å². The third kappa shape index (κ3) is 2.96. The highest BCUT2D eigenvalue weighted by atomic mass is 16.2. The molecule has 2 aliphatic rings. The van der Waals surface area contributed by atoms with Crippen LogP contribution in [0.2, 0.25) is 0 Å². The van der Waals surface area contributed by atoms with Crippen LogP contribution in [-0.2, 0) is 13.0 Å². The Labute approximate surface area is 132 Å². The Balaban J connectivity index is 1.70. The van der Waals surface area contributed by atoms with Crippen LogP contribution in [0.3, 0.4) is 0 Å². The number of rotatable bonds is 3. The highest BCUT2D eigenvalue weighted by Gasteiger charge is 2.29. The minimum Gasteiger partial charge on any atom is -0.328 e. The molecule has 1 aromatic heterocycles. The summed E-state index contributed by atoms with van der Waals surface area (Å²) in [7, 11) is 0. The van der Waals surface area contributed by atoms with Gasteiger partial charge in [-0.15, -0.1) is 10.2 Å². The molecule has 6 nitrogen and oxygen atoms in total. The number of carbonyl (C=O) groups excluding carboxylic acids is 1. The zero-order valence-corrected chi connectivity index (χ0v) is 13.9. The SMILES string of the molecule is CC1CCN(C(=O)NC(c2nnc3n2CCC3)C(C)C)CC1. The van der Waals surface area contributed by atoms with Crippen LogP contribution in [0.4, 0.5) is 4.79 Å². The second-order valence-corrected chi connectivity index (χ2v) is 7.07. The monoisotopic (exact) mass is 305 g/mol. The number of aromatic nitrogens is 3. The number of hydrogen-bond donors (Lipinski definition) is 1. The van der Waals surface area contributed by atoms with Gasteiger partial charge in [0.05, 0.1) is 6.04 Å². The number of nitrogens with zero attached hydrogens (tertiary/aromatic N) is 4. The van der Waals surface area contributed by atoms with E-state index in [1.807, 2.05) is 4.90 Å². The Morgan fingerprint density at radius 3 is 2.64 bits per heavy atom. The standard InChI is InChI=1S/C16H27N5O/c1-11(2)14(15-19-18-13-5-4-8-21(13)15)17-16(22)20-9-6-12(3)7-10-20/h11-12,14H,4-10H2,1-3H3,(H,17,22). The average molecular weight is 305 g/mol. The first kappa shape index (κ1) is 15.3. The van der Waals surface area contributed by atoms with Crippen LogP contribution in [0, 0.1) is 11.8 Å². The normalized spacial score (nSPS) is 20.3. The van der Waals surface area contributed by atoms with Gasteiger partial charge in [-0.2, -0.15) is 0 Å². The third-order valence-electron chi connectivity index (χ3n) is 4.93. The fourth-order valence-electron chi connectivity index (χ4n) is 3.37. The van der Waals surface area contributed by atoms with E-state index in [2.05, 4.69) is 40.9 Å². The van der Waals surface area contributed by atoms with Crippen molar-refractivity contribution in [2.75, 3.05) is 13.1 Å². The first-order valence-corrected chi connectivity index (χ1v) is 8.53. The van der Waals surface area contributed by atoms with Crippen LogP contribution >= 0.6 is 0 Å². The van der Waals surface area contributed by atoms with Gasteiger partial charge in [0, 0.05) is 26.1 Å². The summed E-state index contributed by atoms with van der Waals surface area (Å²) < 4.78 is 2.18. The summed E-state index contributed by atoms with van der Waals surface area (Å²) >= 11 is 0. The van der Waals surface area contributed by atoms with Crippen molar-refractivity contribution in [1.29, 1.82) is 0 Å². The first-order chi connectivity index (χ1) is 10.6. The lowest BCUT2D eigenvalue weighted by molar-refractivity contribution is 0.166. The molecule has 22 heavy (non-hydrogen) atoms. The fourth-order valence-corrected chi connectivity index (χ4v) is 3.37. The quantitative estimate of drug-likeness (QED) is 0.932. The molecule has 1 saturated heterocycles. The Morgan fingerprint density at radius 1 is 1.23 bits per heavy atom. The van der Waals surface area contributed by atoms with E-state index < -0.39 is 0 Å². The molecule has 1 unspecified atom stereocenters. The lowest BCUT2D eigenvalue weighted by atomic mass is 9.99. The van der Waals surface area contributed by atoms with E-state index >= 15 is 0 Å². The Kier molecular flexibility index (Phi) is 4.36. The minimum absolute atomic E-state index is 0.0425. The third-order valence-corrected chi connectivity index (χ3v) is 4.93. The molecule has 0 spiro atoms. The van der Waals surface area contributed by atoms with Crippen LogP contribution < -0.4 is 5.32 Å². The van der Waals surface area contributed by atoms with Crippen molar-refractivity contribution < 1.29 is 4.79 Å². The molecule has 122 valence electrons. The number of piperidine rings is 1. The van der Waals surface area contributed by atoms with Crippen LogP contribution in [0.1, 0.15) is 57.7 Å². The van der Waals surface area contributed by atoms with Gasteiger partial charge in [0.2, 0.25) is 0 Å². The summed E-state index contributed by atoms with van der Waals surface area (Å²) in [5, 5.41) is 11.8. The smallest absolute Gasteiger partial charge is 0.317 e. The number of nitrogens with one attached hydrogen (secondary N) is 1. The number of aryl methyl sites for hydroxylation is 1. The highest BCUT2D eigenvalue weighted by Crippen LogP contribution is 2.25. The van der Waals surface area contributed by atoms with Gasteiger partial charge >= 0.3 is 6.03 Å². The Morgan fingerprint density at radius 2 is 1.95 bits per heavy atom. The molecular formula is C16H27N5O. The van der Waals surface area contributed by atoms with Crippen molar-refractivity contribution in [2.45, 2.75) is 59.0 Å². The average Bonchev–Trinajstić information content (AvgIpc) is 3.08. The summed E-state index contributed by atoms with van der Waals surface area (Å²) in [6, 6.07) is -0.0212. The first-order valence-electron chi connectivity index (χ1n) is 8.53. The molecule has 2 amide bonds. The van der Waals surface area contributed by atoms with Gasteiger partial charge in [-0.3, -0.25) is 0 Å². The summed E-state index contributed by atoms with van der Waals surface area (Å²) in [6.45, 7) is 9.19. The molecule has 3 heterocycles. The summed E-state index contributed by atoms with van der Waals surface area (Å²) in [5.74, 6) is 2.99. The van der Waals surface area contributed by atoms with Crippen molar-refractivity contribution in [3.8, 4) is 0 Å². The van der Waals surface area contributed by atoms with E-state index in [4.69, 9.17) is 0 Å². The number of carbonyl (C=O) groups is 1. The van der Waals surface area contributed by atoms with E-state index in [1.165, 1.54) is 0 Å². The molecular weight excluding hydrogens is 278 g/mol. The van der Waals surface area contributed by atoms with Crippen LogP contribution in [0.15, 0.2) is 0 Å². The molecule has 0 aliphatic carbocycles. The van der Waals surface area contributed by atoms with E-state index in [0.717, 1.165) is 62.9 Å². The number of fused-ring (bicyclic) bond motifs is 1. The fraction of sp³-hybridized carbons (Fsp3) is 0.812. The Hall–Kier alpha value is -1.59. The van der Waals surface area contributed by atoms with Crippen LogP contribution in [0.5, 0.6) is 0 Å². The number of likely N-dealkylation sites (tertiary alicyclic amines) is 1. The topological polar surface area (TPSA) is 63.1 Å². The predicted molar refractivity (Wildman–Crippen MR) is 84.4 cm³/mol. The number of hydrogen-bond acceptors (Lipinski definition) is 3. The lowest BCUT2D eigenvalue weighted by Gasteiger charge is -2.32.